The minimum Gasteiger partial charge on any atom is -0.370 e. The van der Waals surface area contributed by atoms with Crippen LogP contribution < -0.4 is 5.73 Å². The lowest BCUT2D eigenvalue weighted by Crippen LogP contribution is -2.37. The van der Waals surface area contributed by atoms with E-state index in [1.165, 1.54) is 0 Å². The highest BCUT2D eigenvalue weighted by atomic mass is 16.5. The summed E-state index contributed by atoms with van der Waals surface area (Å²) in [5, 5.41) is 4.17. The number of aromatic nitrogens is 2. The van der Waals surface area contributed by atoms with Crippen molar-refractivity contribution < 1.29 is 9.26 Å². The van der Waals surface area contributed by atoms with E-state index in [4.69, 9.17) is 15.0 Å². The molecule has 0 unspecified atom stereocenters. The second-order valence-corrected chi connectivity index (χ2v) is 8.16. The van der Waals surface area contributed by atoms with Crippen LogP contribution in [0, 0.1) is 10.8 Å². The first-order valence-corrected chi connectivity index (χ1v) is 7.74. The van der Waals surface area contributed by atoms with E-state index < -0.39 is 5.60 Å². The molecule has 21 heavy (non-hydrogen) atoms. The van der Waals surface area contributed by atoms with Crippen molar-refractivity contribution in [3.05, 3.63) is 11.7 Å². The van der Waals surface area contributed by atoms with Crippen molar-refractivity contribution in [3.8, 4) is 0 Å². The number of nitrogens with two attached hydrogens (primary N) is 1. The van der Waals surface area contributed by atoms with Gasteiger partial charge >= 0.3 is 0 Å². The van der Waals surface area contributed by atoms with Crippen molar-refractivity contribution >= 4 is 0 Å². The molecule has 0 aliphatic heterocycles. The van der Waals surface area contributed by atoms with Crippen LogP contribution in [0.4, 0.5) is 0 Å². The van der Waals surface area contributed by atoms with Crippen molar-refractivity contribution in [3.63, 3.8) is 0 Å². The van der Waals surface area contributed by atoms with Gasteiger partial charge in [0.25, 0.3) is 0 Å². The predicted octanol–water partition coefficient (Wildman–Crippen LogP) is 3.56. The highest BCUT2D eigenvalue weighted by Crippen LogP contribution is 2.46. The molecule has 1 atom stereocenters. The van der Waals surface area contributed by atoms with Gasteiger partial charge in [-0.3, -0.25) is 0 Å². The van der Waals surface area contributed by atoms with Crippen LogP contribution in [0.15, 0.2) is 4.52 Å². The fourth-order valence-electron chi connectivity index (χ4n) is 2.77. The monoisotopic (exact) mass is 295 g/mol. The van der Waals surface area contributed by atoms with Gasteiger partial charge in [0, 0.05) is 7.11 Å². The molecule has 0 bridgehead atoms. The van der Waals surface area contributed by atoms with Crippen molar-refractivity contribution in [2.75, 3.05) is 7.11 Å². The van der Waals surface area contributed by atoms with E-state index in [1.54, 1.807) is 7.11 Å². The molecular weight excluding hydrogens is 266 g/mol. The molecule has 0 aromatic carbocycles. The van der Waals surface area contributed by atoms with Gasteiger partial charge in [-0.1, -0.05) is 39.8 Å². The summed E-state index contributed by atoms with van der Waals surface area (Å²) in [5.74, 6) is 1.15. The molecule has 1 aliphatic carbocycles. The summed E-state index contributed by atoms with van der Waals surface area (Å²) in [4.78, 5) is 4.56. The van der Waals surface area contributed by atoms with Crippen LogP contribution >= 0.6 is 0 Å². The summed E-state index contributed by atoms with van der Waals surface area (Å²) in [6.45, 7) is 10.8. The first kappa shape index (κ1) is 16.4. The third-order valence-electron chi connectivity index (χ3n) is 4.85. The van der Waals surface area contributed by atoms with Gasteiger partial charge in [-0.15, -0.1) is 0 Å². The zero-order valence-corrected chi connectivity index (χ0v) is 14.2. The Hall–Kier alpha value is -0.940. The van der Waals surface area contributed by atoms with Crippen LogP contribution in [0.2, 0.25) is 0 Å². The van der Waals surface area contributed by atoms with Crippen molar-refractivity contribution in [2.24, 2.45) is 16.6 Å². The van der Waals surface area contributed by atoms with Crippen molar-refractivity contribution in [1.82, 2.24) is 10.1 Å². The molecule has 1 heterocycles. The summed E-state index contributed by atoms with van der Waals surface area (Å²) in [6, 6.07) is -0.271. The molecule has 5 nitrogen and oxygen atoms in total. The third-order valence-corrected chi connectivity index (χ3v) is 4.85. The van der Waals surface area contributed by atoms with Crippen molar-refractivity contribution in [2.45, 2.75) is 71.9 Å². The number of ether oxygens (including phenoxy) is 1. The third kappa shape index (κ3) is 3.29. The molecule has 0 amide bonds. The Morgan fingerprint density at radius 3 is 2.24 bits per heavy atom. The van der Waals surface area contributed by atoms with Gasteiger partial charge in [-0.25, -0.2) is 0 Å². The molecule has 0 saturated heterocycles. The van der Waals surface area contributed by atoms with Gasteiger partial charge in [0.1, 0.15) is 5.60 Å². The first-order valence-electron chi connectivity index (χ1n) is 7.74. The lowest BCUT2D eigenvalue weighted by Gasteiger charge is -2.40. The molecule has 2 N–H and O–H groups in total. The quantitative estimate of drug-likeness (QED) is 0.923. The van der Waals surface area contributed by atoms with E-state index in [2.05, 4.69) is 44.8 Å². The van der Waals surface area contributed by atoms with Gasteiger partial charge in [-0.2, -0.15) is 4.98 Å². The van der Waals surface area contributed by atoms with Crippen LogP contribution in [-0.2, 0) is 10.3 Å². The highest BCUT2D eigenvalue weighted by molar-refractivity contribution is 5.07. The molecule has 0 spiro atoms. The van der Waals surface area contributed by atoms with Crippen LogP contribution in [0.1, 0.15) is 78.1 Å². The molecule has 1 aliphatic rings. The minimum atomic E-state index is -0.422. The maximum atomic E-state index is 6.21. The zero-order valence-electron chi connectivity index (χ0n) is 14.2. The van der Waals surface area contributed by atoms with Gasteiger partial charge in [0.2, 0.25) is 11.7 Å². The average molecular weight is 295 g/mol. The van der Waals surface area contributed by atoms with E-state index in [9.17, 15) is 0 Å². The van der Waals surface area contributed by atoms with Crippen LogP contribution in [0.25, 0.3) is 0 Å². The Balaban J connectivity index is 2.23. The normalized spacial score (nSPS) is 23.0. The molecule has 0 radical (unpaired) electrons. The Bertz CT molecular complexity index is 478. The Kier molecular flexibility index (Phi) is 4.19. The fourth-order valence-corrected chi connectivity index (χ4v) is 2.77. The predicted molar refractivity (Wildman–Crippen MR) is 81.6 cm³/mol. The summed E-state index contributed by atoms with van der Waals surface area (Å²) in [7, 11) is 1.73. The molecule has 5 heteroatoms. The van der Waals surface area contributed by atoms with E-state index in [-0.39, 0.29) is 11.5 Å². The molecule has 1 aromatic heterocycles. The molecule has 1 saturated carbocycles. The van der Waals surface area contributed by atoms with Crippen LogP contribution in [0.5, 0.6) is 0 Å². The van der Waals surface area contributed by atoms with E-state index >= 15 is 0 Å². The lowest BCUT2D eigenvalue weighted by molar-refractivity contribution is -0.0740. The highest BCUT2D eigenvalue weighted by Gasteiger charge is 2.44. The second kappa shape index (κ2) is 5.36. The fraction of sp³-hybridized carbons (Fsp3) is 0.875. The Morgan fingerprint density at radius 2 is 1.76 bits per heavy atom. The Morgan fingerprint density at radius 1 is 1.19 bits per heavy atom. The number of methoxy groups -OCH3 is 1. The summed E-state index contributed by atoms with van der Waals surface area (Å²) >= 11 is 0. The Labute approximate surface area is 127 Å². The number of rotatable bonds is 3. The molecule has 1 fully saturated rings. The number of hydrogen-bond donors (Lipinski definition) is 1. The van der Waals surface area contributed by atoms with Crippen LogP contribution in [0.3, 0.4) is 0 Å². The second-order valence-electron chi connectivity index (χ2n) is 8.16. The van der Waals surface area contributed by atoms with Gasteiger partial charge in [0.05, 0.1) is 6.04 Å². The summed E-state index contributed by atoms with van der Waals surface area (Å²) < 4.78 is 11.2. The van der Waals surface area contributed by atoms with Gasteiger partial charge in [-0.05, 0) is 36.5 Å². The number of hydrogen-bond acceptors (Lipinski definition) is 5. The van der Waals surface area contributed by atoms with Crippen molar-refractivity contribution in [1.29, 1.82) is 0 Å². The summed E-state index contributed by atoms with van der Waals surface area (Å²) in [6.07, 6.45) is 4.02. The molecule has 120 valence electrons. The maximum Gasteiger partial charge on any atom is 0.244 e. The van der Waals surface area contributed by atoms with E-state index in [0.29, 0.717) is 17.1 Å². The topological polar surface area (TPSA) is 74.2 Å². The van der Waals surface area contributed by atoms with E-state index in [0.717, 1.165) is 25.7 Å². The SMILES string of the molecule is COC1(c2noc([C@@H](N)C(C)(C)C)n2)CCC(C)(C)CC1. The average Bonchev–Trinajstić information content (AvgIpc) is 2.87. The minimum absolute atomic E-state index is 0.113. The molecular formula is C16H29N3O2. The smallest absolute Gasteiger partial charge is 0.244 e. The van der Waals surface area contributed by atoms with Crippen LogP contribution in [-0.4, -0.2) is 17.3 Å². The number of nitrogens with zero attached hydrogens (tertiary/aromatic N) is 2. The first-order chi connectivity index (χ1) is 9.60. The zero-order chi connectivity index (χ0) is 15.9. The standard InChI is InChI=1S/C16H29N3O2/c1-14(2,3)11(17)12-18-13(19-21-12)16(20-6)9-7-15(4,5)8-10-16/h11H,7-10,17H2,1-6H3/t11-/m1/s1. The molecule has 1 aromatic rings. The van der Waals surface area contributed by atoms with Gasteiger partial charge in [0.15, 0.2) is 0 Å². The van der Waals surface area contributed by atoms with E-state index in [1.807, 2.05) is 0 Å². The van der Waals surface area contributed by atoms with Gasteiger partial charge < -0.3 is 15.0 Å². The summed E-state index contributed by atoms with van der Waals surface area (Å²) in [5.41, 5.74) is 6.03. The lowest BCUT2D eigenvalue weighted by atomic mass is 9.70. The largest absolute Gasteiger partial charge is 0.370 e. The molecule has 2 rings (SSSR count). The maximum absolute atomic E-state index is 6.21.